The zero-order valence-electron chi connectivity index (χ0n) is 11.9. The quantitative estimate of drug-likeness (QED) is 0.842. The van der Waals surface area contributed by atoms with Crippen LogP contribution in [0.2, 0.25) is 0 Å². The molecule has 1 heterocycles. The number of carboxylic acids is 1. The third kappa shape index (κ3) is 4.00. The molecule has 0 bridgehead atoms. The fourth-order valence-electron chi connectivity index (χ4n) is 2.07. The van der Waals surface area contributed by atoms with E-state index in [1.54, 1.807) is 0 Å². The molecule has 1 aliphatic heterocycles. The van der Waals surface area contributed by atoms with E-state index in [9.17, 15) is 9.59 Å². The summed E-state index contributed by atoms with van der Waals surface area (Å²) in [4.78, 5) is 24.8. The first-order valence-electron chi connectivity index (χ1n) is 6.72. The largest absolute Gasteiger partial charge is 0.481 e. The molecule has 0 aromatic carbocycles. The van der Waals surface area contributed by atoms with Crippen LogP contribution < -0.4 is 0 Å². The molecule has 1 saturated heterocycles. The average Bonchev–Trinajstić information content (AvgIpc) is 2.27. The SMILES string of the molecule is C[C@H](CC(=O)N1CCC(C(=O)O)CC1)C(C)(C)C. The Hall–Kier alpha value is -1.06. The number of hydrogen-bond acceptors (Lipinski definition) is 2. The van der Waals surface area contributed by atoms with Crippen LogP contribution in [-0.4, -0.2) is 35.0 Å². The highest BCUT2D eigenvalue weighted by Crippen LogP contribution is 2.29. The lowest BCUT2D eigenvalue weighted by molar-refractivity contribution is -0.146. The Kier molecular flexibility index (Phi) is 4.77. The Labute approximate surface area is 109 Å². The third-order valence-electron chi connectivity index (χ3n) is 4.16. The maximum absolute atomic E-state index is 12.1. The molecular formula is C14H25NO3. The van der Waals surface area contributed by atoms with Gasteiger partial charge < -0.3 is 10.0 Å². The zero-order valence-corrected chi connectivity index (χ0v) is 11.9. The Balaban J connectivity index is 2.43. The fraction of sp³-hybridized carbons (Fsp3) is 0.857. The minimum Gasteiger partial charge on any atom is -0.481 e. The highest BCUT2D eigenvalue weighted by atomic mass is 16.4. The van der Waals surface area contributed by atoms with Crippen LogP contribution >= 0.6 is 0 Å². The van der Waals surface area contributed by atoms with Crippen molar-refractivity contribution in [1.82, 2.24) is 4.90 Å². The van der Waals surface area contributed by atoms with Gasteiger partial charge in [0.1, 0.15) is 0 Å². The molecule has 4 heteroatoms. The molecule has 1 fully saturated rings. The van der Waals surface area contributed by atoms with Gasteiger partial charge in [0.2, 0.25) is 5.91 Å². The van der Waals surface area contributed by atoms with Crippen molar-refractivity contribution in [3.63, 3.8) is 0 Å². The number of carboxylic acid groups (broad SMARTS) is 1. The number of hydrogen-bond donors (Lipinski definition) is 1. The van der Waals surface area contributed by atoms with Gasteiger partial charge in [-0.2, -0.15) is 0 Å². The standard InChI is InChI=1S/C14H25NO3/c1-10(14(2,3)4)9-12(16)15-7-5-11(6-8-15)13(17)18/h10-11H,5-9H2,1-4H3,(H,17,18)/t10-/m1/s1. The van der Waals surface area contributed by atoms with Gasteiger partial charge in [0.15, 0.2) is 0 Å². The zero-order chi connectivity index (χ0) is 13.9. The topological polar surface area (TPSA) is 57.6 Å². The van der Waals surface area contributed by atoms with Crippen LogP contribution in [-0.2, 0) is 9.59 Å². The second-order valence-corrected chi connectivity index (χ2v) is 6.46. The minimum absolute atomic E-state index is 0.134. The van der Waals surface area contributed by atoms with Gasteiger partial charge >= 0.3 is 5.97 Å². The Morgan fingerprint density at radius 2 is 1.78 bits per heavy atom. The number of carbonyl (C=O) groups excluding carboxylic acids is 1. The Morgan fingerprint density at radius 3 is 2.17 bits per heavy atom. The summed E-state index contributed by atoms with van der Waals surface area (Å²) < 4.78 is 0. The van der Waals surface area contributed by atoms with Crippen molar-refractivity contribution >= 4 is 11.9 Å². The van der Waals surface area contributed by atoms with Gasteiger partial charge in [-0.3, -0.25) is 9.59 Å². The van der Waals surface area contributed by atoms with Crippen LogP contribution in [0.15, 0.2) is 0 Å². The molecule has 0 saturated carbocycles. The molecule has 1 aliphatic rings. The van der Waals surface area contributed by atoms with Crippen LogP contribution in [0.1, 0.15) is 47.0 Å². The van der Waals surface area contributed by atoms with E-state index in [0.29, 0.717) is 38.3 Å². The highest BCUT2D eigenvalue weighted by molar-refractivity contribution is 5.77. The van der Waals surface area contributed by atoms with Gasteiger partial charge in [-0.1, -0.05) is 27.7 Å². The molecule has 1 amide bonds. The van der Waals surface area contributed by atoms with Crippen LogP contribution in [0.4, 0.5) is 0 Å². The summed E-state index contributed by atoms with van der Waals surface area (Å²) in [7, 11) is 0. The highest BCUT2D eigenvalue weighted by Gasteiger charge is 2.29. The molecule has 1 rings (SSSR count). The summed E-state index contributed by atoms with van der Waals surface area (Å²) in [6.07, 6.45) is 1.73. The van der Waals surface area contributed by atoms with E-state index < -0.39 is 5.97 Å². The van der Waals surface area contributed by atoms with Crippen molar-refractivity contribution in [3.05, 3.63) is 0 Å². The maximum atomic E-state index is 12.1. The fourth-order valence-corrected chi connectivity index (χ4v) is 2.07. The first-order valence-corrected chi connectivity index (χ1v) is 6.72. The number of nitrogens with zero attached hydrogens (tertiary/aromatic N) is 1. The van der Waals surface area contributed by atoms with Gasteiger partial charge in [-0.25, -0.2) is 0 Å². The van der Waals surface area contributed by atoms with E-state index in [2.05, 4.69) is 27.7 Å². The van der Waals surface area contributed by atoms with Crippen molar-refractivity contribution < 1.29 is 14.7 Å². The summed E-state index contributed by atoms with van der Waals surface area (Å²) in [5.74, 6) is -0.497. The first-order chi connectivity index (χ1) is 8.21. The van der Waals surface area contributed by atoms with Gasteiger partial charge in [-0.05, 0) is 24.2 Å². The number of carbonyl (C=O) groups is 2. The Morgan fingerprint density at radius 1 is 1.28 bits per heavy atom. The molecular weight excluding hydrogens is 230 g/mol. The van der Waals surface area contributed by atoms with Crippen LogP contribution in [0.25, 0.3) is 0 Å². The molecule has 0 unspecified atom stereocenters. The van der Waals surface area contributed by atoms with Crippen molar-refractivity contribution in [3.8, 4) is 0 Å². The minimum atomic E-state index is -0.731. The average molecular weight is 255 g/mol. The molecule has 1 atom stereocenters. The van der Waals surface area contributed by atoms with E-state index in [-0.39, 0.29) is 17.2 Å². The van der Waals surface area contributed by atoms with Gasteiger partial charge in [-0.15, -0.1) is 0 Å². The van der Waals surface area contributed by atoms with Crippen molar-refractivity contribution in [2.75, 3.05) is 13.1 Å². The normalized spacial score (nSPS) is 19.7. The summed E-state index contributed by atoms with van der Waals surface area (Å²) in [6, 6.07) is 0. The molecule has 0 aliphatic carbocycles. The van der Waals surface area contributed by atoms with Gasteiger partial charge in [0, 0.05) is 19.5 Å². The van der Waals surface area contributed by atoms with Gasteiger partial charge in [0.05, 0.1) is 5.92 Å². The third-order valence-corrected chi connectivity index (χ3v) is 4.16. The lowest BCUT2D eigenvalue weighted by Crippen LogP contribution is -2.41. The van der Waals surface area contributed by atoms with Crippen LogP contribution in [0.3, 0.4) is 0 Å². The van der Waals surface area contributed by atoms with E-state index in [4.69, 9.17) is 5.11 Å². The Bertz CT molecular complexity index is 311. The second kappa shape index (κ2) is 5.72. The smallest absolute Gasteiger partial charge is 0.306 e. The monoisotopic (exact) mass is 255 g/mol. The number of likely N-dealkylation sites (tertiary alicyclic amines) is 1. The molecule has 0 aromatic rings. The molecule has 0 aromatic heterocycles. The number of aliphatic carboxylic acids is 1. The molecule has 104 valence electrons. The maximum Gasteiger partial charge on any atom is 0.306 e. The van der Waals surface area contributed by atoms with E-state index >= 15 is 0 Å². The van der Waals surface area contributed by atoms with E-state index in [0.717, 1.165) is 0 Å². The predicted molar refractivity (Wildman–Crippen MR) is 70.2 cm³/mol. The summed E-state index contributed by atoms with van der Waals surface area (Å²) in [5.41, 5.74) is 0.134. The summed E-state index contributed by atoms with van der Waals surface area (Å²) in [5, 5.41) is 8.91. The van der Waals surface area contributed by atoms with Crippen molar-refractivity contribution in [1.29, 1.82) is 0 Å². The van der Waals surface area contributed by atoms with E-state index in [1.807, 2.05) is 4.90 Å². The molecule has 18 heavy (non-hydrogen) atoms. The number of amides is 1. The lowest BCUT2D eigenvalue weighted by Gasteiger charge is -2.33. The molecule has 0 radical (unpaired) electrons. The lowest BCUT2D eigenvalue weighted by atomic mass is 9.80. The number of rotatable bonds is 3. The molecule has 1 N–H and O–H groups in total. The van der Waals surface area contributed by atoms with Crippen molar-refractivity contribution in [2.45, 2.75) is 47.0 Å². The molecule has 4 nitrogen and oxygen atoms in total. The predicted octanol–water partition coefficient (Wildman–Crippen LogP) is 2.38. The molecule has 0 spiro atoms. The summed E-state index contributed by atoms with van der Waals surface area (Å²) in [6.45, 7) is 9.70. The van der Waals surface area contributed by atoms with Gasteiger partial charge in [0.25, 0.3) is 0 Å². The van der Waals surface area contributed by atoms with Crippen LogP contribution in [0, 0.1) is 17.3 Å². The second-order valence-electron chi connectivity index (χ2n) is 6.46. The summed E-state index contributed by atoms with van der Waals surface area (Å²) >= 11 is 0. The number of piperidine rings is 1. The van der Waals surface area contributed by atoms with Crippen molar-refractivity contribution in [2.24, 2.45) is 17.3 Å². The first kappa shape index (κ1) is 15.0. The van der Waals surface area contributed by atoms with Crippen LogP contribution in [0.5, 0.6) is 0 Å². The van der Waals surface area contributed by atoms with E-state index in [1.165, 1.54) is 0 Å².